The third-order valence-corrected chi connectivity index (χ3v) is 4.51. The van der Waals surface area contributed by atoms with Crippen molar-refractivity contribution < 1.29 is 4.74 Å². The van der Waals surface area contributed by atoms with Crippen LogP contribution in [0.4, 0.5) is 0 Å². The Morgan fingerprint density at radius 2 is 2.04 bits per heavy atom. The van der Waals surface area contributed by atoms with Gasteiger partial charge in [0, 0.05) is 26.1 Å². The molecule has 0 saturated carbocycles. The van der Waals surface area contributed by atoms with E-state index in [0.717, 1.165) is 24.8 Å². The van der Waals surface area contributed by atoms with E-state index in [2.05, 4.69) is 34.5 Å². The van der Waals surface area contributed by atoms with Crippen molar-refractivity contribution in [3.05, 3.63) is 35.9 Å². The Kier molecular flexibility index (Phi) is 7.12. The molecule has 2 aliphatic rings. The Morgan fingerprint density at radius 3 is 2.65 bits per heavy atom. The topological polar surface area (TPSA) is 48.3 Å². The van der Waals surface area contributed by atoms with E-state index in [1.807, 2.05) is 6.07 Å². The summed E-state index contributed by atoms with van der Waals surface area (Å²) in [4.78, 5) is 2.64. The molecule has 0 spiro atoms. The molecule has 0 aliphatic carbocycles. The van der Waals surface area contributed by atoms with Gasteiger partial charge in [-0.15, -0.1) is 0 Å². The molecule has 0 radical (unpaired) electrons. The van der Waals surface area contributed by atoms with E-state index in [1.165, 1.54) is 50.5 Å². The van der Waals surface area contributed by atoms with Crippen LogP contribution in [0.5, 0.6) is 5.75 Å². The molecule has 0 amide bonds. The van der Waals surface area contributed by atoms with Crippen LogP contribution in [-0.2, 0) is 0 Å². The van der Waals surface area contributed by atoms with Crippen LogP contribution in [0.25, 0.3) is 5.57 Å². The average Bonchev–Trinajstić information content (AvgIpc) is 2.63. The molecule has 4 heteroatoms. The lowest BCUT2D eigenvalue weighted by Gasteiger charge is -2.36. The monoisotopic (exact) mass is 313 g/mol. The van der Waals surface area contributed by atoms with Crippen molar-refractivity contribution in [1.82, 2.24) is 10.2 Å². The summed E-state index contributed by atoms with van der Waals surface area (Å²) in [7, 11) is 1.73. The first kappa shape index (κ1) is 17.5. The molecule has 1 aromatic rings. The highest BCUT2D eigenvalue weighted by atomic mass is 16.5. The van der Waals surface area contributed by atoms with E-state index in [0.29, 0.717) is 0 Å². The van der Waals surface area contributed by atoms with Crippen LogP contribution in [0.3, 0.4) is 0 Å². The Morgan fingerprint density at radius 1 is 1.30 bits per heavy atom. The summed E-state index contributed by atoms with van der Waals surface area (Å²) < 4.78 is 5.32. The maximum absolute atomic E-state index is 7.32. The van der Waals surface area contributed by atoms with Crippen LogP contribution in [0.1, 0.15) is 31.7 Å². The second-order valence-electron chi connectivity index (χ2n) is 5.91. The number of piperidine rings is 1. The van der Waals surface area contributed by atoms with Gasteiger partial charge >= 0.3 is 0 Å². The third kappa shape index (κ3) is 5.09. The molecule has 0 atom stereocenters. The lowest BCUT2D eigenvalue weighted by Crippen LogP contribution is -2.44. The van der Waals surface area contributed by atoms with Gasteiger partial charge in [-0.2, -0.15) is 5.26 Å². The van der Waals surface area contributed by atoms with E-state index < -0.39 is 0 Å². The molecule has 1 aromatic carbocycles. The van der Waals surface area contributed by atoms with Crippen molar-refractivity contribution in [2.45, 2.75) is 32.2 Å². The summed E-state index contributed by atoms with van der Waals surface area (Å²) in [5.41, 5.74) is 2.78. The summed E-state index contributed by atoms with van der Waals surface area (Å²) >= 11 is 0. The molecule has 1 saturated heterocycles. The van der Waals surface area contributed by atoms with Crippen molar-refractivity contribution in [2.75, 3.05) is 33.3 Å². The molecule has 23 heavy (non-hydrogen) atoms. The molecular weight excluding hydrogens is 286 g/mol. The maximum atomic E-state index is 7.32. The zero-order chi connectivity index (χ0) is 16.5. The summed E-state index contributed by atoms with van der Waals surface area (Å²) in [5.74, 6) is 0.948. The van der Waals surface area contributed by atoms with Crippen LogP contribution >= 0.6 is 0 Å². The number of hydrogen-bond donors (Lipinski definition) is 1. The lowest BCUT2D eigenvalue weighted by atomic mass is 9.96. The number of ether oxygens (including phenoxy) is 1. The van der Waals surface area contributed by atoms with Gasteiger partial charge in [0.2, 0.25) is 0 Å². The number of nitrogens with zero attached hydrogens (tertiary/aromatic N) is 2. The minimum Gasteiger partial charge on any atom is -0.497 e. The van der Waals surface area contributed by atoms with Gasteiger partial charge in [-0.25, -0.2) is 0 Å². The number of benzene rings is 1. The summed E-state index contributed by atoms with van der Waals surface area (Å²) in [6, 6.07) is 10.9. The predicted molar refractivity (Wildman–Crippen MR) is 94.3 cm³/mol. The van der Waals surface area contributed by atoms with Gasteiger partial charge in [0.1, 0.15) is 5.75 Å². The summed E-state index contributed by atoms with van der Waals surface area (Å²) in [6.45, 7) is 6.06. The first-order valence-corrected chi connectivity index (χ1v) is 8.37. The zero-order valence-electron chi connectivity index (χ0n) is 14.2. The molecule has 0 aromatic heterocycles. The first-order valence-electron chi connectivity index (χ1n) is 8.37. The minimum atomic E-state index is 0.777. The van der Waals surface area contributed by atoms with E-state index in [-0.39, 0.29) is 0 Å². The molecule has 4 nitrogen and oxygen atoms in total. The predicted octanol–water partition coefficient (Wildman–Crippen LogP) is 3.07. The number of methoxy groups -OCH3 is 1. The van der Waals surface area contributed by atoms with Crippen LogP contribution in [0, 0.1) is 11.3 Å². The van der Waals surface area contributed by atoms with Crippen molar-refractivity contribution in [3.8, 4) is 11.8 Å². The Labute approximate surface area is 139 Å². The number of hydrogen-bond acceptors (Lipinski definition) is 4. The molecule has 0 bridgehead atoms. The summed E-state index contributed by atoms with van der Waals surface area (Å²) in [5, 5.41) is 10.8. The van der Waals surface area contributed by atoms with Crippen LogP contribution in [0.2, 0.25) is 0 Å². The average molecular weight is 313 g/mol. The number of rotatable bonds is 3. The highest BCUT2D eigenvalue weighted by Gasteiger charge is 2.22. The normalized spacial score (nSPS) is 19.1. The highest BCUT2D eigenvalue weighted by Crippen LogP contribution is 2.27. The quantitative estimate of drug-likeness (QED) is 0.931. The van der Waals surface area contributed by atoms with Gasteiger partial charge in [0.05, 0.1) is 13.2 Å². The fourth-order valence-electron chi connectivity index (χ4n) is 3.27. The van der Waals surface area contributed by atoms with Gasteiger partial charge in [-0.05, 0) is 55.6 Å². The Balaban J connectivity index is 0.000000595. The molecule has 1 fully saturated rings. The van der Waals surface area contributed by atoms with Crippen molar-refractivity contribution >= 4 is 5.57 Å². The second kappa shape index (κ2) is 9.34. The smallest absolute Gasteiger partial charge is 0.119 e. The van der Waals surface area contributed by atoms with Gasteiger partial charge in [-0.3, -0.25) is 4.90 Å². The second-order valence-corrected chi connectivity index (χ2v) is 5.91. The first-order chi connectivity index (χ1) is 11.3. The van der Waals surface area contributed by atoms with E-state index >= 15 is 0 Å². The fraction of sp³-hybridized carbons (Fsp3) is 0.526. The van der Waals surface area contributed by atoms with Gasteiger partial charge in [-0.1, -0.05) is 18.2 Å². The van der Waals surface area contributed by atoms with Gasteiger partial charge < -0.3 is 10.1 Å². The molecule has 2 heterocycles. The number of nitriles is 1. The third-order valence-electron chi connectivity index (χ3n) is 4.51. The van der Waals surface area contributed by atoms with E-state index in [9.17, 15) is 0 Å². The van der Waals surface area contributed by atoms with E-state index in [1.54, 1.807) is 13.2 Å². The molecule has 1 N–H and O–H groups in total. The SMILES string of the molecule is CC#N.COc1cccc(C2=CCN(C3CCNCC3)CC2)c1. The Hall–Kier alpha value is -1.83. The fourth-order valence-corrected chi connectivity index (χ4v) is 3.27. The number of nitrogens with one attached hydrogen (secondary N) is 1. The van der Waals surface area contributed by atoms with Crippen molar-refractivity contribution in [2.24, 2.45) is 0 Å². The standard InChI is InChI=1S/C17H24N2O.C2H3N/c1-20-17-4-2-3-15(13-17)14-7-11-19(12-8-14)16-5-9-18-10-6-16;1-2-3/h2-4,7,13,16,18H,5-6,8-12H2,1H3;1H3. The Bertz CT molecular complexity index is 556. The van der Waals surface area contributed by atoms with E-state index in [4.69, 9.17) is 10.00 Å². The zero-order valence-corrected chi connectivity index (χ0v) is 14.2. The van der Waals surface area contributed by atoms with Crippen LogP contribution < -0.4 is 10.1 Å². The lowest BCUT2D eigenvalue weighted by molar-refractivity contribution is 0.178. The molecule has 3 rings (SSSR count). The van der Waals surface area contributed by atoms with Gasteiger partial charge in [0.15, 0.2) is 0 Å². The minimum absolute atomic E-state index is 0.777. The summed E-state index contributed by atoms with van der Waals surface area (Å²) in [6.07, 6.45) is 6.14. The maximum Gasteiger partial charge on any atom is 0.119 e. The molecule has 124 valence electrons. The highest BCUT2D eigenvalue weighted by molar-refractivity contribution is 5.67. The van der Waals surface area contributed by atoms with Crippen molar-refractivity contribution in [3.63, 3.8) is 0 Å². The van der Waals surface area contributed by atoms with Crippen LogP contribution in [0.15, 0.2) is 30.3 Å². The van der Waals surface area contributed by atoms with Crippen molar-refractivity contribution in [1.29, 1.82) is 5.26 Å². The van der Waals surface area contributed by atoms with Gasteiger partial charge in [0.25, 0.3) is 0 Å². The molecular formula is C19H27N3O. The largest absolute Gasteiger partial charge is 0.497 e. The van der Waals surface area contributed by atoms with Crippen LogP contribution in [-0.4, -0.2) is 44.2 Å². The molecule has 0 unspecified atom stereocenters. The molecule has 2 aliphatic heterocycles.